The van der Waals surface area contributed by atoms with Crippen LogP contribution in [0.5, 0.6) is 0 Å². The van der Waals surface area contributed by atoms with Crippen molar-refractivity contribution in [2.75, 3.05) is 5.32 Å². The molecule has 0 aliphatic rings. The Morgan fingerprint density at radius 2 is 1.96 bits per heavy atom. The van der Waals surface area contributed by atoms with Crippen molar-refractivity contribution in [3.8, 4) is 0 Å². The van der Waals surface area contributed by atoms with E-state index in [9.17, 15) is 9.18 Å². The summed E-state index contributed by atoms with van der Waals surface area (Å²) >= 11 is 0. The van der Waals surface area contributed by atoms with E-state index >= 15 is 0 Å². The van der Waals surface area contributed by atoms with Gasteiger partial charge in [0, 0.05) is 19.2 Å². The number of benzene rings is 1. The summed E-state index contributed by atoms with van der Waals surface area (Å²) in [5.41, 5.74) is 1.81. The largest absolute Gasteiger partial charge is 0.293 e. The van der Waals surface area contributed by atoms with Crippen LogP contribution in [-0.4, -0.2) is 30.5 Å². The normalized spacial score (nSPS) is 10.8. The fraction of sp³-hybridized carbons (Fsp3) is 0.250. The molecule has 0 unspecified atom stereocenters. The highest BCUT2D eigenvalue weighted by molar-refractivity contribution is 5.88. The summed E-state index contributed by atoms with van der Waals surface area (Å²) in [5.74, 6) is -0.209. The topological polar surface area (TPSA) is 77.6 Å². The second-order valence-electron chi connectivity index (χ2n) is 5.41. The molecule has 0 radical (unpaired) electrons. The molecular formula is C16H17FN6O. The summed E-state index contributed by atoms with van der Waals surface area (Å²) in [6.07, 6.45) is 3.64. The molecule has 0 saturated carbocycles. The number of hydrogen-bond acceptors (Lipinski definition) is 4. The van der Waals surface area contributed by atoms with Gasteiger partial charge in [-0.3, -0.25) is 14.8 Å². The van der Waals surface area contributed by atoms with Crippen LogP contribution in [-0.2, 0) is 17.9 Å². The van der Waals surface area contributed by atoms with Gasteiger partial charge < -0.3 is 0 Å². The molecule has 1 aromatic carbocycles. The first-order valence-electron chi connectivity index (χ1n) is 7.52. The van der Waals surface area contributed by atoms with Crippen molar-refractivity contribution >= 4 is 11.9 Å². The molecule has 0 bridgehead atoms. The van der Waals surface area contributed by atoms with Crippen LogP contribution < -0.4 is 5.32 Å². The molecule has 0 saturated heterocycles. The highest BCUT2D eigenvalue weighted by Crippen LogP contribution is 2.06. The first-order chi connectivity index (χ1) is 11.6. The first kappa shape index (κ1) is 15.9. The maximum atomic E-state index is 12.9. The third kappa shape index (κ3) is 4.25. The predicted octanol–water partition coefficient (Wildman–Crippen LogP) is 2.00. The number of halogens is 1. The van der Waals surface area contributed by atoms with Crippen molar-refractivity contribution in [3.63, 3.8) is 0 Å². The number of nitrogens with one attached hydrogen (secondary N) is 1. The number of carbonyl (C=O) groups excluding carboxylic acids is 1. The van der Waals surface area contributed by atoms with Gasteiger partial charge in [0.2, 0.25) is 11.9 Å². The molecule has 8 heteroatoms. The predicted molar refractivity (Wildman–Crippen MR) is 85.7 cm³/mol. The number of nitrogens with zero attached hydrogens (tertiary/aromatic N) is 5. The number of aromatic nitrogens is 5. The molecule has 7 nitrogen and oxygen atoms in total. The standard InChI is InChI=1S/C16H17FN6O/c1-12-6-8-22(20-12)9-7-15(24)19-16-18-11-23(21-16)10-13-2-4-14(17)5-3-13/h2-6,8,11H,7,9-10H2,1H3,(H,19,21,24). The molecule has 2 heterocycles. The van der Waals surface area contributed by atoms with Crippen LogP contribution in [0, 0.1) is 12.7 Å². The summed E-state index contributed by atoms with van der Waals surface area (Å²) in [6.45, 7) is 2.85. The van der Waals surface area contributed by atoms with Gasteiger partial charge in [-0.05, 0) is 30.7 Å². The second kappa shape index (κ2) is 7.03. The number of amides is 1. The zero-order valence-electron chi connectivity index (χ0n) is 13.2. The number of rotatable bonds is 6. The van der Waals surface area contributed by atoms with Crippen LogP contribution in [0.1, 0.15) is 17.7 Å². The molecule has 0 aliphatic carbocycles. The van der Waals surface area contributed by atoms with Gasteiger partial charge in [-0.2, -0.15) is 5.10 Å². The molecule has 2 aromatic heterocycles. The fourth-order valence-electron chi connectivity index (χ4n) is 2.20. The Hall–Kier alpha value is -3.03. The zero-order chi connectivity index (χ0) is 16.9. The number of carbonyl (C=O) groups is 1. The molecule has 124 valence electrons. The number of aryl methyl sites for hydroxylation is 2. The minimum Gasteiger partial charge on any atom is -0.293 e. The molecule has 3 aromatic rings. The van der Waals surface area contributed by atoms with Crippen LogP contribution in [0.2, 0.25) is 0 Å². The molecule has 0 aliphatic heterocycles. The first-order valence-corrected chi connectivity index (χ1v) is 7.52. The minimum atomic E-state index is -0.280. The summed E-state index contributed by atoms with van der Waals surface area (Å²) in [6, 6.07) is 8.04. The van der Waals surface area contributed by atoms with E-state index in [0.717, 1.165) is 11.3 Å². The van der Waals surface area contributed by atoms with Gasteiger partial charge in [0.15, 0.2) is 0 Å². The Kier molecular flexibility index (Phi) is 4.64. The lowest BCUT2D eigenvalue weighted by Crippen LogP contribution is -2.16. The minimum absolute atomic E-state index is 0.178. The number of hydrogen-bond donors (Lipinski definition) is 1. The Bertz CT molecular complexity index is 823. The van der Waals surface area contributed by atoms with E-state index in [-0.39, 0.29) is 24.1 Å². The second-order valence-corrected chi connectivity index (χ2v) is 5.41. The summed E-state index contributed by atoms with van der Waals surface area (Å²) in [4.78, 5) is 16.0. The lowest BCUT2D eigenvalue weighted by molar-refractivity contribution is -0.116. The summed E-state index contributed by atoms with van der Waals surface area (Å²) in [5, 5.41) is 11.1. The van der Waals surface area contributed by atoms with Gasteiger partial charge in [0.1, 0.15) is 12.1 Å². The average molecular weight is 328 g/mol. The molecule has 3 rings (SSSR count). The van der Waals surface area contributed by atoms with E-state index in [1.54, 1.807) is 21.5 Å². The highest BCUT2D eigenvalue weighted by atomic mass is 19.1. The van der Waals surface area contributed by atoms with E-state index in [1.165, 1.54) is 18.5 Å². The van der Waals surface area contributed by atoms with E-state index in [2.05, 4.69) is 20.5 Å². The van der Waals surface area contributed by atoms with E-state index < -0.39 is 0 Å². The molecule has 0 spiro atoms. The fourth-order valence-corrected chi connectivity index (χ4v) is 2.20. The Labute approximate surface area is 138 Å². The van der Waals surface area contributed by atoms with Gasteiger partial charge in [0.25, 0.3) is 0 Å². The van der Waals surface area contributed by atoms with Crippen molar-refractivity contribution < 1.29 is 9.18 Å². The highest BCUT2D eigenvalue weighted by Gasteiger charge is 2.07. The van der Waals surface area contributed by atoms with Gasteiger partial charge in [-0.25, -0.2) is 14.1 Å². The smallest absolute Gasteiger partial charge is 0.248 e. The maximum absolute atomic E-state index is 12.9. The van der Waals surface area contributed by atoms with Crippen LogP contribution in [0.3, 0.4) is 0 Å². The Morgan fingerprint density at radius 1 is 1.17 bits per heavy atom. The van der Waals surface area contributed by atoms with Gasteiger partial charge in [-0.15, -0.1) is 5.10 Å². The van der Waals surface area contributed by atoms with Gasteiger partial charge in [0.05, 0.1) is 12.2 Å². The molecular weight excluding hydrogens is 311 g/mol. The maximum Gasteiger partial charge on any atom is 0.248 e. The van der Waals surface area contributed by atoms with Crippen LogP contribution in [0.4, 0.5) is 10.3 Å². The molecule has 0 fully saturated rings. The van der Waals surface area contributed by atoms with Crippen molar-refractivity contribution in [2.45, 2.75) is 26.4 Å². The van der Waals surface area contributed by atoms with Crippen molar-refractivity contribution in [1.29, 1.82) is 0 Å². The molecule has 0 atom stereocenters. The van der Waals surface area contributed by atoms with Crippen LogP contribution in [0.25, 0.3) is 0 Å². The average Bonchev–Trinajstić information content (AvgIpc) is 3.17. The van der Waals surface area contributed by atoms with E-state index in [4.69, 9.17) is 0 Å². The quantitative estimate of drug-likeness (QED) is 0.751. The Morgan fingerprint density at radius 3 is 2.67 bits per heavy atom. The summed E-state index contributed by atoms with van der Waals surface area (Å²) in [7, 11) is 0. The Balaban J connectivity index is 1.51. The van der Waals surface area contributed by atoms with Gasteiger partial charge >= 0.3 is 0 Å². The molecule has 1 N–H and O–H groups in total. The van der Waals surface area contributed by atoms with Crippen LogP contribution >= 0.6 is 0 Å². The van der Waals surface area contributed by atoms with E-state index in [0.29, 0.717) is 13.1 Å². The third-order valence-corrected chi connectivity index (χ3v) is 3.39. The summed E-state index contributed by atoms with van der Waals surface area (Å²) < 4.78 is 16.2. The monoisotopic (exact) mass is 328 g/mol. The SMILES string of the molecule is Cc1ccn(CCC(=O)Nc2ncn(Cc3ccc(F)cc3)n2)n1. The lowest BCUT2D eigenvalue weighted by Gasteiger charge is -2.02. The molecule has 24 heavy (non-hydrogen) atoms. The van der Waals surface area contributed by atoms with Crippen molar-refractivity contribution in [3.05, 3.63) is 59.9 Å². The lowest BCUT2D eigenvalue weighted by atomic mass is 10.2. The van der Waals surface area contributed by atoms with E-state index in [1.807, 2.05) is 19.2 Å². The number of anilines is 1. The van der Waals surface area contributed by atoms with Gasteiger partial charge in [-0.1, -0.05) is 12.1 Å². The van der Waals surface area contributed by atoms with Crippen molar-refractivity contribution in [1.82, 2.24) is 24.5 Å². The van der Waals surface area contributed by atoms with Crippen molar-refractivity contribution in [2.24, 2.45) is 0 Å². The zero-order valence-corrected chi connectivity index (χ0v) is 13.2. The molecule has 1 amide bonds. The third-order valence-electron chi connectivity index (χ3n) is 3.39. The van der Waals surface area contributed by atoms with Crippen LogP contribution in [0.15, 0.2) is 42.9 Å².